The first kappa shape index (κ1) is 16.9. The summed E-state index contributed by atoms with van der Waals surface area (Å²) in [6.07, 6.45) is 4.88. The van der Waals surface area contributed by atoms with Gasteiger partial charge in [-0.2, -0.15) is 0 Å². The van der Waals surface area contributed by atoms with Crippen molar-refractivity contribution in [2.24, 2.45) is 0 Å². The van der Waals surface area contributed by atoms with Crippen molar-refractivity contribution >= 4 is 11.6 Å². The normalized spacial score (nSPS) is 10.6. The van der Waals surface area contributed by atoms with E-state index in [9.17, 15) is 9.18 Å². The van der Waals surface area contributed by atoms with Gasteiger partial charge in [-0.05, 0) is 48.7 Å². The summed E-state index contributed by atoms with van der Waals surface area (Å²) in [4.78, 5) is 16.2. The summed E-state index contributed by atoms with van der Waals surface area (Å²) in [6.45, 7) is 2.72. The van der Waals surface area contributed by atoms with Crippen molar-refractivity contribution < 1.29 is 9.18 Å². The predicted molar refractivity (Wildman–Crippen MR) is 96.7 cm³/mol. The van der Waals surface area contributed by atoms with Gasteiger partial charge in [0.05, 0.1) is 0 Å². The highest BCUT2D eigenvalue weighted by Crippen LogP contribution is 2.22. The van der Waals surface area contributed by atoms with Gasteiger partial charge >= 0.3 is 0 Å². The number of hydrogen-bond donors (Lipinski definition) is 1. The number of halogens is 1. The summed E-state index contributed by atoms with van der Waals surface area (Å²) in [5, 5.41) is 2.89. The van der Waals surface area contributed by atoms with E-state index in [2.05, 4.69) is 10.3 Å². The number of nitrogens with one attached hydrogen (secondary N) is 1. The van der Waals surface area contributed by atoms with Crippen molar-refractivity contribution in [3.8, 4) is 11.1 Å². The van der Waals surface area contributed by atoms with E-state index in [-0.39, 0.29) is 11.7 Å². The summed E-state index contributed by atoms with van der Waals surface area (Å²) < 4.78 is 15.3. The SMILES string of the molecule is Cc1nccn1CCCC(=O)Nc1ccc(-c2cccc(F)c2)cc1. The van der Waals surface area contributed by atoms with Crippen LogP contribution in [0.3, 0.4) is 0 Å². The van der Waals surface area contributed by atoms with E-state index in [1.165, 1.54) is 12.1 Å². The summed E-state index contributed by atoms with van der Waals surface area (Å²) in [7, 11) is 0. The highest BCUT2D eigenvalue weighted by molar-refractivity contribution is 5.90. The Morgan fingerprint density at radius 1 is 1.16 bits per heavy atom. The minimum atomic E-state index is -0.261. The molecule has 0 aliphatic rings. The van der Waals surface area contributed by atoms with Gasteiger partial charge < -0.3 is 9.88 Å². The first-order chi connectivity index (χ1) is 12.1. The molecule has 3 rings (SSSR count). The summed E-state index contributed by atoms with van der Waals surface area (Å²) in [6, 6.07) is 13.9. The first-order valence-corrected chi connectivity index (χ1v) is 8.25. The molecular weight excluding hydrogens is 317 g/mol. The molecule has 0 unspecified atom stereocenters. The maximum Gasteiger partial charge on any atom is 0.224 e. The molecule has 0 saturated heterocycles. The highest BCUT2D eigenvalue weighted by atomic mass is 19.1. The molecule has 1 aromatic heterocycles. The number of carbonyl (C=O) groups is 1. The number of aromatic nitrogens is 2. The molecule has 0 saturated carbocycles. The van der Waals surface area contributed by atoms with Crippen LogP contribution in [0.2, 0.25) is 0 Å². The maximum absolute atomic E-state index is 13.3. The van der Waals surface area contributed by atoms with E-state index in [0.29, 0.717) is 6.42 Å². The number of aryl methyl sites for hydroxylation is 2. The van der Waals surface area contributed by atoms with Crippen LogP contribution in [-0.2, 0) is 11.3 Å². The van der Waals surface area contributed by atoms with Crippen LogP contribution >= 0.6 is 0 Å². The van der Waals surface area contributed by atoms with E-state index in [0.717, 1.165) is 35.6 Å². The van der Waals surface area contributed by atoms with Crippen molar-refractivity contribution in [1.29, 1.82) is 0 Å². The molecule has 4 nitrogen and oxygen atoms in total. The molecule has 0 spiro atoms. The van der Waals surface area contributed by atoms with E-state index in [4.69, 9.17) is 0 Å². The second-order valence-corrected chi connectivity index (χ2v) is 5.91. The van der Waals surface area contributed by atoms with Gasteiger partial charge in [-0.15, -0.1) is 0 Å². The lowest BCUT2D eigenvalue weighted by Gasteiger charge is -2.08. The Balaban J connectivity index is 1.52. The van der Waals surface area contributed by atoms with Gasteiger partial charge in [0.25, 0.3) is 0 Å². The second-order valence-electron chi connectivity index (χ2n) is 5.91. The minimum absolute atomic E-state index is 0.0173. The molecule has 2 aromatic carbocycles. The van der Waals surface area contributed by atoms with Crippen molar-refractivity contribution in [3.05, 3.63) is 72.6 Å². The maximum atomic E-state index is 13.3. The van der Waals surface area contributed by atoms with Crippen molar-refractivity contribution in [2.75, 3.05) is 5.32 Å². The van der Waals surface area contributed by atoms with Crippen LogP contribution in [0.1, 0.15) is 18.7 Å². The Morgan fingerprint density at radius 3 is 2.64 bits per heavy atom. The molecule has 0 bridgehead atoms. The molecule has 0 atom stereocenters. The fourth-order valence-corrected chi connectivity index (χ4v) is 2.69. The van der Waals surface area contributed by atoms with Gasteiger partial charge in [0.2, 0.25) is 5.91 Å². The number of nitrogens with zero attached hydrogens (tertiary/aromatic N) is 2. The third kappa shape index (κ3) is 4.53. The molecule has 1 N–H and O–H groups in total. The Kier molecular flexibility index (Phi) is 5.23. The van der Waals surface area contributed by atoms with Gasteiger partial charge in [0.1, 0.15) is 11.6 Å². The summed E-state index contributed by atoms with van der Waals surface area (Å²) in [5.41, 5.74) is 2.46. The number of hydrogen-bond acceptors (Lipinski definition) is 2. The van der Waals surface area contributed by atoms with E-state index < -0.39 is 0 Å². The van der Waals surface area contributed by atoms with Gasteiger partial charge in [-0.1, -0.05) is 24.3 Å². The van der Waals surface area contributed by atoms with Gasteiger partial charge in [0.15, 0.2) is 0 Å². The smallest absolute Gasteiger partial charge is 0.224 e. The molecule has 3 aromatic rings. The number of amides is 1. The minimum Gasteiger partial charge on any atom is -0.335 e. The molecule has 128 valence electrons. The predicted octanol–water partition coefficient (Wildman–Crippen LogP) is 4.42. The Hall–Kier alpha value is -2.95. The van der Waals surface area contributed by atoms with Gasteiger partial charge in [-0.3, -0.25) is 4.79 Å². The number of carbonyl (C=O) groups excluding carboxylic acids is 1. The number of rotatable bonds is 6. The number of benzene rings is 2. The van der Waals surface area contributed by atoms with E-state index >= 15 is 0 Å². The summed E-state index contributed by atoms with van der Waals surface area (Å²) >= 11 is 0. The first-order valence-electron chi connectivity index (χ1n) is 8.25. The van der Waals surface area contributed by atoms with Crippen LogP contribution in [0, 0.1) is 12.7 Å². The Morgan fingerprint density at radius 2 is 1.96 bits per heavy atom. The lowest BCUT2D eigenvalue weighted by Crippen LogP contribution is -2.12. The van der Waals surface area contributed by atoms with Crippen molar-refractivity contribution in [1.82, 2.24) is 9.55 Å². The topological polar surface area (TPSA) is 46.9 Å². The van der Waals surface area contributed by atoms with Crippen LogP contribution in [0.4, 0.5) is 10.1 Å². The number of anilines is 1. The zero-order valence-corrected chi connectivity index (χ0v) is 14.1. The summed E-state index contributed by atoms with van der Waals surface area (Å²) in [5.74, 6) is 0.674. The third-order valence-corrected chi connectivity index (χ3v) is 4.05. The molecule has 25 heavy (non-hydrogen) atoms. The molecule has 1 amide bonds. The van der Waals surface area contributed by atoms with Gasteiger partial charge in [-0.25, -0.2) is 9.37 Å². The van der Waals surface area contributed by atoms with Gasteiger partial charge in [0, 0.05) is 31.0 Å². The Labute approximate surface area is 146 Å². The zero-order valence-electron chi connectivity index (χ0n) is 14.1. The monoisotopic (exact) mass is 337 g/mol. The molecule has 5 heteroatoms. The lowest BCUT2D eigenvalue weighted by atomic mass is 10.1. The largest absolute Gasteiger partial charge is 0.335 e. The molecule has 0 aliphatic heterocycles. The lowest BCUT2D eigenvalue weighted by molar-refractivity contribution is -0.116. The fraction of sp³-hybridized carbons (Fsp3) is 0.200. The fourth-order valence-electron chi connectivity index (χ4n) is 2.69. The van der Waals surface area contributed by atoms with E-state index in [1.54, 1.807) is 12.3 Å². The average molecular weight is 337 g/mol. The van der Waals surface area contributed by atoms with Crippen molar-refractivity contribution in [3.63, 3.8) is 0 Å². The van der Waals surface area contributed by atoms with Crippen LogP contribution in [0.25, 0.3) is 11.1 Å². The van der Waals surface area contributed by atoms with Crippen LogP contribution in [-0.4, -0.2) is 15.5 Å². The molecule has 0 aliphatic carbocycles. The quantitative estimate of drug-likeness (QED) is 0.724. The van der Waals surface area contributed by atoms with Crippen LogP contribution < -0.4 is 5.32 Å². The number of imidazole rings is 1. The zero-order chi connectivity index (χ0) is 17.6. The van der Waals surface area contributed by atoms with Crippen LogP contribution in [0.15, 0.2) is 60.9 Å². The molecule has 0 fully saturated rings. The highest BCUT2D eigenvalue weighted by Gasteiger charge is 2.05. The van der Waals surface area contributed by atoms with E-state index in [1.807, 2.05) is 48.0 Å². The van der Waals surface area contributed by atoms with Crippen LogP contribution in [0.5, 0.6) is 0 Å². The molecular formula is C20H20FN3O. The molecule has 0 radical (unpaired) electrons. The third-order valence-electron chi connectivity index (χ3n) is 4.05. The molecule has 1 heterocycles. The average Bonchev–Trinajstić information content (AvgIpc) is 3.01. The standard InChI is InChI=1S/C20H20FN3O/c1-15-22-11-13-24(15)12-3-6-20(25)23-19-9-7-16(8-10-19)17-4-2-5-18(21)14-17/h2,4-5,7-11,13-14H,3,6,12H2,1H3,(H,23,25). The van der Waals surface area contributed by atoms with Crippen molar-refractivity contribution in [2.45, 2.75) is 26.3 Å². The second kappa shape index (κ2) is 7.75. The Bertz CT molecular complexity index is 855.